The van der Waals surface area contributed by atoms with Crippen LogP contribution in [-0.2, 0) is 30.4 Å². The molecule has 2 rings (SSSR count). The summed E-state index contributed by atoms with van der Waals surface area (Å²) in [5.74, 6) is -1.49. The molecule has 1 aromatic rings. The van der Waals surface area contributed by atoms with Gasteiger partial charge in [0, 0.05) is 19.0 Å². The number of nitrogens with zero attached hydrogens (tertiary/aromatic N) is 2. The summed E-state index contributed by atoms with van der Waals surface area (Å²) in [5.41, 5.74) is 0.144. The summed E-state index contributed by atoms with van der Waals surface area (Å²) in [5, 5.41) is 2.21. The first kappa shape index (κ1) is 19.3. The van der Waals surface area contributed by atoms with Crippen molar-refractivity contribution in [1.82, 2.24) is 9.88 Å². The van der Waals surface area contributed by atoms with Gasteiger partial charge in [-0.3, -0.25) is 4.79 Å². The molecule has 9 heteroatoms. The van der Waals surface area contributed by atoms with Crippen molar-refractivity contribution in [2.24, 2.45) is 0 Å². The maximum absolute atomic E-state index is 12.4. The fraction of sp³-hybridized carbons (Fsp3) is 0.625. The predicted octanol–water partition coefficient (Wildman–Crippen LogP) is 1.39. The van der Waals surface area contributed by atoms with E-state index in [-0.39, 0.29) is 12.3 Å². The fourth-order valence-corrected chi connectivity index (χ4v) is 3.33. The lowest BCUT2D eigenvalue weighted by Crippen LogP contribution is -2.50. The standard InChI is InChI=1S/C16H22N2O6S/c1-3-23-16(21)12-6-4-5-7-18(12)14(19)9-24-15(20)11-10-25-13(17-11)8-22-2/h10,12H,3-9H2,1-2H3. The molecule has 1 aliphatic rings. The second-order valence-electron chi connectivity index (χ2n) is 5.49. The molecule has 0 saturated carbocycles. The summed E-state index contributed by atoms with van der Waals surface area (Å²) in [6.07, 6.45) is 2.22. The van der Waals surface area contributed by atoms with Crippen molar-refractivity contribution < 1.29 is 28.6 Å². The van der Waals surface area contributed by atoms with Gasteiger partial charge in [-0.25, -0.2) is 14.6 Å². The lowest BCUT2D eigenvalue weighted by molar-refractivity contribution is -0.157. The highest BCUT2D eigenvalue weighted by Crippen LogP contribution is 2.19. The van der Waals surface area contributed by atoms with E-state index in [1.807, 2.05) is 0 Å². The molecule has 1 saturated heterocycles. The number of likely N-dealkylation sites (tertiary alicyclic amines) is 1. The second-order valence-corrected chi connectivity index (χ2v) is 6.43. The zero-order valence-electron chi connectivity index (χ0n) is 14.4. The zero-order chi connectivity index (χ0) is 18.2. The zero-order valence-corrected chi connectivity index (χ0v) is 15.2. The molecule has 1 fully saturated rings. The SMILES string of the molecule is CCOC(=O)C1CCCCN1C(=O)COC(=O)c1csc(COC)n1. The lowest BCUT2D eigenvalue weighted by Gasteiger charge is -2.33. The van der Waals surface area contributed by atoms with Gasteiger partial charge in [-0.05, 0) is 26.2 Å². The van der Waals surface area contributed by atoms with Crippen LogP contribution in [0.2, 0.25) is 0 Å². The number of thiazole rings is 1. The van der Waals surface area contributed by atoms with Crippen LogP contribution in [0.5, 0.6) is 0 Å². The largest absolute Gasteiger partial charge is 0.464 e. The number of rotatable bonds is 7. The molecular weight excluding hydrogens is 348 g/mol. The van der Waals surface area contributed by atoms with E-state index in [0.29, 0.717) is 24.6 Å². The van der Waals surface area contributed by atoms with Gasteiger partial charge in [0.2, 0.25) is 0 Å². The number of methoxy groups -OCH3 is 1. The van der Waals surface area contributed by atoms with Gasteiger partial charge in [-0.15, -0.1) is 11.3 Å². The van der Waals surface area contributed by atoms with E-state index < -0.39 is 30.5 Å². The van der Waals surface area contributed by atoms with Crippen LogP contribution in [-0.4, -0.2) is 60.6 Å². The Kier molecular flexibility index (Phi) is 7.32. The van der Waals surface area contributed by atoms with Gasteiger partial charge in [0.15, 0.2) is 12.3 Å². The highest BCUT2D eigenvalue weighted by Gasteiger charge is 2.33. The molecule has 25 heavy (non-hydrogen) atoms. The van der Waals surface area contributed by atoms with Crippen LogP contribution < -0.4 is 0 Å². The molecule has 1 amide bonds. The Morgan fingerprint density at radius 1 is 1.32 bits per heavy atom. The Labute approximate surface area is 150 Å². The van der Waals surface area contributed by atoms with Crippen LogP contribution in [0.25, 0.3) is 0 Å². The Balaban J connectivity index is 1.90. The molecule has 0 aromatic carbocycles. The molecule has 1 aliphatic heterocycles. The molecule has 138 valence electrons. The Morgan fingerprint density at radius 3 is 2.84 bits per heavy atom. The summed E-state index contributed by atoms with van der Waals surface area (Å²) in [6.45, 7) is 2.33. The van der Waals surface area contributed by atoms with Crippen LogP contribution in [0.3, 0.4) is 0 Å². The van der Waals surface area contributed by atoms with Gasteiger partial charge in [-0.1, -0.05) is 0 Å². The van der Waals surface area contributed by atoms with Gasteiger partial charge in [0.05, 0.1) is 13.2 Å². The minimum absolute atomic E-state index is 0.144. The third kappa shape index (κ3) is 5.23. The van der Waals surface area contributed by atoms with E-state index in [9.17, 15) is 14.4 Å². The molecule has 1 atom stereocenters. The van der Waals surface area contributed by atoms with E-state index in [0.717, 1.165) is 12.8 Å². The number of carbonyl (C=O) groups excluding carboxylic acids is 3. The van der Waals surface area contributed by atoms with Crippen molar-refractivity contribution in [2.45, 2.75) is 38.8 Å². The van der Waals surface area contributed by atoms with Crippen molar-refractivity contribution in [3.63, 3.8) is 0 Å². The molecule has 1 aromatic heterocycles. The minimum atomic E-state index is -0.670. The lowest BCUT2D eigenvalue weighted by atomic mass is 10.0. The molecule has 2 heterocycles. The number of hydrogen-bond acceptors (Lipinski definition) is 8. The monoisotopic (exact) mass is 370 g/mol. The van der Waals surface area contributed by atoms with Crippen LogP contribution >= 0.6 is 11.3 Å². The van der Waals surface area contributed by atoms with E-state index in [2.05, 4.69) is 4.98 Å². The van der Waals surface area contributed by atoms with E-state index in [4.69, 9.17) is 14.2 Å². The molecule has 1 unspecified atom stereocenters. The topological polar surface area (TPSA) is 95.0 Å². The van der Waals surface area contributed by atoms with Crippen molar-refractivity contribution in [1.29, 1.82) is 0 Å². The van der Waals surface area contributed by atoms with Crippen LogP contribution in [0.4, 0.5) is 0 Å². The minimum Gasteiger partial charge on any atom is -0.464 e. The second kappa shape index (κ2) is 9.47. The van der Waals surface area contributed by atoms with Crippen molar-refractivity contribution in [3.8, 4) is 0 Å². The highest BCUT2D eigenvalue weighted by atomic mass is 32.1. The molecule has 0 aliphatic carbocycles. The van der Waals surface area contributed by atoms with E-state index in [1.54, 1.807) is 12.3 Å². The number of esters is 2. The number of carbonyl (C=O) groups is 3. The summed E-state index contributed by atoms with van der Waals surface area (Å²) >= 11 is 1.28. The third-order valence-corrected chi connectivity index (χ3v) is 4.56. The number of aromatic nitrogens is 1. The van der Waals surface area contributed by atoms with Gasteiger partial charge in [0.25, 0.3) is 5.91 Å². The average Bonchev–Trinajstić information content (AvgIpc) is 3.08. The maximum Gasteiger partial charge on any atom is 0.358 e. The molecule has 0 N–H and O–H groups in total. The fourth-order valence-electron chi connectivity index (χ4n) is 2.59. The van der Waals surface area contributed by atoms with Gasteiger partial charge in [0.1, 0.15) is 11.0 Å². The normalized spacial score (nSPS) is 17.2. The first-order chi connectivity index (χ1) is 12.1. The van der Waals surface area contributed by atoms with Crippen LogP contribution in [0, 0.1) is 0 Å². The molecular formula is C16H22N2O6S. The Hall–Kier alpha value is -2.00. The highest BCUT2D eigenvalue weighted by molar-refractivity contribution is 7.09. The molecule has 0 radical (unpaired) electrons. The summed E-state index contributed by atoms with van der Waals surface area (Å²) in [7, 11) is 1.54. The van der Waals surface area contributed by atoms with Gasteiger partial charge < -0.3 is 19.1 Å². The smallest absolute Gasteiger partial charge is 0.358 e. The molecule has 0 spiro atoms. The van der Waals surface area contributed by atoms with E-state index >= 15 is 0 Å². The maximum atomic E-state index is 12.4. The number of amides is 1. The summed E-state index contributed by atoms with van der Waals surface area (Å²) in [4.78, 5) is 41.9. The Morgan fingerprint density at radius 2 is 2.12 bits per heavy atom. The summed E-state index contributed by atoms with van der Waals surface area (Å²) in [6, 6.07) is -0.604. The van der Waals surface area contributed by atoms with Crippen molar-refractivity contribution >= 4 is 29.2 Å². The summed E-state index contributed by atoms with van der Waals surface area (Å²) < 4.78 is 15.0. The molecule has 0 bridgehead atoms. The van der Waals surface area contributed by atoms with Gasteiger partial charge >= 0.3 is 11.9 Å². The first-order valence-electron chi connectivity index (χ1n) is 8.13. The number of piperidine rings is 1. The average molecular weight is 370 g/mol. The Bertz CT molecular complexity index is 618. The van der Waals surface area contributed by atoms with Crippen LogP contribution in [0.15, 0.2) is 5.38 Å². The third-order valence-electron chi connectivity index (χ3n) is 3.74. The number of hydrogen-bond donors (Lipinski definition) is 0. The van der Waals surface area contributed by atoms with Crippen molar-refractivity contribution in [2.75, 3.05) is 26.9 Å². The molecule has 8 nitrogen and oxygen atoms in total. The first-order valence-corrected chi connectivity index (χ1v) is 9.01. The van der Waals surface area contributed by atoms with Crippen molar-refractivity contribution in [3.05, 3.63) is 16.1 Å². The van der Waals surface area contributed by atoms with E-state index in [1.165, 1.54) is 23.3 Å². The predicted molar refractivity (Wildman–Crippen MR) is 89.1 cm³/mol. The number of ether oxygens (including phenoxy) is 3. The quantitative estimate of drug-likeness (QED) is 0.669. The van der Waals surface area contributed by atoms with Crippen LogP contribution in [0.1, 0.15) is 41.7 Å². The van der Waals surface area contributed by atoms with Gasteiger partial charge in [-0.2, -0.15) is 0 Å².